The maximum absolute atomic E-state index is 11.2. The van der Waals surface area contributed by atoms with Gasteiger partial charge in [-0.25, -0.2) is 0 Å². The molecule has 0 radical (unpaired) electrons. The van der Waals surface area contributed by atoms with Gasteiger partial charge in [0.15, 0.2) is 11.5 Å². The van der Waals surface area contributed by atoms with Crippen molar-refractivity contribution in [3.8, 4) is 11.5 Å². The van der Waals surface area contributed by atoms with Crippen LogP contribution in [0.2, 0.25) is 0 Å². The summed E-state index contributed by atoms with van der Waals surface area (Å²) >= 11 is 0. The average molecular weight is 292 g/mol. The van der Waals surface area contributed by atoms with Gasteiger partial charge in [0, 0.05) is 6.42 Å². The zero-order valence-electron chi connectivity index (χ0n) is 12.9. The summed E-state index contributed by atoms with van der Waals surface area (Å²) in [6.07, 6.45) is 6.01. The molecule has 0 unspecified atom stereocenters. The second-order valence-electron chi connectivity index (χ2n) is 5.31. The number of hydrogen-bond acceptors (Lipinski definition) is 4. The second kappa shape index (κ2) is 7.91. The fraction of sp³-hybridized carbons (Fsp3) is 0.588. The minimum Gasteiger partial charge on any atom is -0.490 e. The zero-order valence-corrected chi connectivity index (χ0v) is 12.9. The van der Waals surface area contributed by atoms with E-state index in [-0.39, 0.29) is 5.97 Å². The van der Waals surface area contributed by atoms with E-state index in [1.807, 2.05) is 25.1 Å². The summed E-state index contributed by atoms with van der Waals surface area (Å²) in [6, 6.07) is 5.90. The molecule has 1 fully saturated rings. The first kappa shape index (κ1) is 15.7. The first-order valence-electron chi connectivity index (χ1n) is 7.72. The summed E-state index contributed by atoms with van der Waals surface area (Å²) in [5.41, 5.74) is 1.07. The Bertz CT molecular complexity index is 464. The second-order valence-corrected chi connectivity index (χ2v) is 5.31. The highest BCUT2D eigenvalue weighted by Crippen LogP contribution is 2.33. The molecule has 0 atom stereocenters. The van der Waals surface area contributed by atoms with Gasteiger partial charge in [-0.15, -0.1) is 0 Å². The minimum atomic E-state index is -0.192. The number of benzene rings is 1. The molecular formula is C17H24O4. The normalized spacial score (nSPS) is 15.0. The number of methoxy groups -OCH3 is 1. The lowest BCUT2D eigenvalue weighted by atomic mass is 10.1. The third kappa shape index (κ3) is 4.66. The fourth-order valence-corrected chi connectivity index (χ4v) is 2.61. The highest BCUT2D eigenvalue weighted by Gasteiger charge is 2.18. The monoisotopic (exact) mass is 292 g/mol. The lowest BCUT2D eigenvalue weighted by molar-refractivity contribution is -0.140. The van der Waals surface area contributed by atoms with E-state index in [2.05, 4.69) is 4.74 Å². The first-order valence-corrected chi connectivity index (χ1v) is 7.72. The van der Waals surface area contributed by atoms with Gasteiger partial charge >= 0.3 is 5.97 Å². The molecule has 0 aromatic heterocycles. The van der Waals surface area contributed by atoms with Crippen molar-refractivity contribution in [2.75, 3.05) is 13.7 Å². The molecule has 1 saturated carbocycles. The van der Waals surface area contributed by atoms with Gasteiger partial charge in [0.2, 0.25) is 0 Å². The molecule has 4 heteroatoms. The number of rotatable bonds is 7. The molecule has 1 aromatic carbocycles. The van der Waals surface area contributed by atoms with Crippen LogP contribution in [0.15, 0.2) is 18.2 Å². The summed E-state index contributed by atoms with van der Waals surface area (Å²) in [6.45, 7) is 2.58. The largest absolute Gasteiger partial charge is 0.490 e. The van der Waals surface area contributed by atoms with Crippen molar-refractivity contribution in [3.05, 3.63) is 23.8 Å². The summed E-state index contributed by atoms with van der Waals surface area (Å²) < 4.78 is 16.4. The maximum atomic E-state index is 11.2. The number of aryl methyl sites for hydroxylation is 1. The number of carbonyl (C=O) groups excluding carboxylic acids is 1. The Kier molecular flexibility index (Phi) is 5.90. The Morgan fingerprint density at radius 3 is 2.67 bits per heavy atom. The van der Waals surface area contributed by atoms with Crippen LogP contribution in [0.25, 0.3) is 0 Å². The van der Waals surface area contributed by atoms with Crippen molar-refractivity contribution < 1.29 is 19.0 Å². The van der Waals surface area contributed by atoms with Crippen LogP contribution in [-0.4, -0.2) is 25.8 Å². The number of esters is 1. The van der Waals surface area contributed by atoms with Crippen LogP contribution >= 0.6 is 0 Å². The van der Waals surface area contributed by atoms with Crippen LogP contribution in [-0.2, 0) is 16.0 Å². The van der Waals surface area contributed by atoms with Crippen molar-refractivity contribution in [3.63, 3.8) is 0 Å². The quantitative estimate of drug-likeness (QED) is 0.721. The predicted molar refractivity (Wildman–Crippen MR) is 80.8 cm³/mol. The molecule has 1 aliphatic carbocycles. The molecule has 0 N–H and O–H groups in total. The Hall–Kier alpha value is -1.71. The van der Waals surface area contributed by atoms with Gasteiger partial charge in [0.05, 0.1) is 19.8 Å². The molecule has 0 aliphatic heterocycles. The lowest BCUT2D eigenvalue weighted by Crippen LogP contribution is -2.12. The minimum absolute atomic E-state index is 0.192. The Morgan fingerprint density at radius 1 is 1.24 bits per heavy atom. The van der Waals surface area contributed by atoms with Crippen LogP contribution in [0.5, 0.6) is 11.5 Å². The van der Waals surface area contributed by atoms with E-state index in [1.165, 1.54) is 20.0 Å². The van der Waals surface area contributed by atoms with Gasteiger partial charge in [0.25, 0.3) is 0 Å². The Balaban J connectivity index is 2.07. The van der Waals surface area contributed by atoms with Gasteiger partial charge in [0.1, 0.15) is 0 Å². The molecule has 4 nitrogen and oxygen atoms in total. The molecule has 21 heavy (non-hydrogen) atoms. The predicted octanol–water partition coefficient (Wildman–Crippen LogP) is 3.51. The molecular weight excluding hydrogens is 268 g/mol. The molecule has 2 rings (SSSR count). The van der Waals surface area contributed by atoms with Crippen molar-refractivity contribution in [2.45, 2.75) is 51.6 Å². The van der Waals surface area contributed by atoms with E-state index >= 15 is 0 Å². The highest BCUT2D eigenvalue weighted by atomic mass is 16.5. The van der Waals surface area contributed by atoms with Crippen molar-refractivity contribution in [1.82, 2.24) is 0 Å². The van der Waals surface area contributed by atoms with E-state index in [1.54, 1.807) is 0 Å². The topological polar surface area (TPSA) is 44.8 Å². The van der Waals surface area contributed by atoms with E-state index in [0.29, 0.717) is 25.6 Å². The van der Waals surface area contributed by atoms with E-state index in [9.17, 15) is 4.79 Å². The van der Waals surface area contributed by atoms with Crippen molar-refractivity contribution >= 4 is 5.97 Å². The molecule has 1 aromatic rings. The molecule has 0 spiro atoms. The average Bonchev–Trinajstić information content (AvgIpc) is 3.00. The smallest absolute Gasteiger partial charge is 0.305 e. The number of carbonyl (C=O) groups is 1. The van der Waals surface area contributed by atoms with Gasteiger partial charge in [-0.2, -0.15) is 0 Å². The molecule has 0 heterocycles. The molecule has 0 saturated heterocycles. The van der Waals surface area contributed by atoms with Gasteiger partial charge in [-0.05, 0) is 56.7 Å². The van der Waals surface area contributed by atoms with Crippen molar-refractivity contribution in [2.24, 2.45) is 0 Å². The van der Waals surface area contributed by atoms with Crippen LogP contribution in [0.4, 0.5) is 0 Å². The Labute approximate surface area is 126 Å². The standard InChI is InChI=1S/C17H24O4/c1-3-20-15-10-8-13(9-11-17(18)19-2)12-16(15)21-14-6-4-5-7-14/h8,10,12,14H,3-7,9,11H2,1-2H3. The first-order chi connectivity index (χ1) is 10.2. The van der Waals surface area contributed by atoms with E-state index < -0.39 is 0 Å². The van der Waals surface area contributed by atoms with Gasteiger partial charge in [-0.3, -0.25) is 4.79 Å². The van der Waals surface area contributed by atoms with E-state index in [4.69, 9.17) is 9.47 Å². The summed E-state index contributed by atoms with van der Waals surface area (Å²) in [7, 11) is 1.41. The third-order valence-electron chi connectivity index (χ3n) is 3.75. The SMILES string of the molecule is CCOc1ccc(CCC(=O)OC)cc1OC1CCCC1. The van der Waals surface area contributed by atoms with E-state index in [0.717, 1.165) is 29.9 Å². The van der Waals surface area contributed by atoms with Crippen molar-refractivity contribution in [1.29, 1.82) is 0 Å². The summed E-state index contributed by atoms with van der Waals surface area (Å²) in [4.78, 5) is 11.2. The summed E-state index contributed by atoms with van der Waals surface area (Å²) in [5, 5.41) is 0. The van der Waals surface area contributed by atoms with Crippen LogP contribution in [0.3, 0.4) is 0 Å². The van der Waals surface area contributed by atoms with Crippen LogP contribution < -0.4 is 9.47 Å². The molecule has 116 valence electrons. The van der Waals surface area contributed by atoms with Gasteiger partial charge < -0.3 is 14.2 Å². The molecule has 0 bridgehead atoms. The van der Waals surface area contributed by atoms with Gasteiger partial charge in [-0.1, -0.05) is 6.07 Å². The van der Waals surface area contributed by atoms with Crippen LogP contribution in [0.1, 0.15) is 44.6 Å². The fourth-order valence-electron chi connectivity index (χ4n) is 2.61. The maximum Gasteiger partial charge on any atom is 0.305 e. The highest BCUT2D eigenvalue weighted by molar-refractivity contribution is 5.69. The summed E-state index contributed by atoms with van der Waals surface area (Å²) in [5.74, 6) is 1.39. The number of hydrogen-bond donors (Lipinski definition) is 0. The number of ether oxygens (including phenoxy) is 3. The lowest BCUT2D eigenvalue weighted by Gasteiger charge is -2.17. The molecule has 0 amide bonds. The Morgan fingerprint density at radius 2 is 2.00 bits per heavy atom. The zero-order chi connectivity index (χ0) is 15.1. The van der Waals surface area contributed by atoms with Crippen LogP contribution in [0, 0.1) is 0 Å². The molecule has 1 aliphatic rings. The third-order valence-corrected chi connectivity index (χ3v) is 3.75.